The Bertz CT molecular complexity index is 798. The highest BCUT2D eigenvalue weighted by molar-refractivity contribution is 6.06. The number of ether oxygens (including phenoxy) is 1. The van der Waals surface area contributed by atoms with E-state index in [0.29, 0.717) is 17.2 Å². The molecule has 0 saturated carbocycles. The maximum Gasteiger partial charge on any atom is 0.256 e. The van der Waals surface area contributed by atoms with Crippen LogP contribution in [0.15, 0.2) is 48.5 Å². The lowest BCUT2D eigenvalue weighted by atomic mass is 9.86. The third kappa shape index (κ3) is 4.74. The van der Waals surface area contributed by atoms with Crippen molar-refractivity contribution in [2.75, 3.05) is 23.8 Å². The van der Waals surface area contributed by atoms with E-state index < -0.39 is 0 Å². The average Bonchev–Trinajstić information content (AvgIpc) is 2.70. The Labute approximate surface area is 160 Å². The summed E-state index contributed by atoms with van der Waals surface area (Å²) in [5.74, 6) is 0.0524. The van der Waals surface area contributed by atoms with Gasteiger partial charge in [-0.1, -0.05) is 31.2 Å². The molecular weight excluding hydrogens is 340 g/mol. The number of benzene rings is 2. The van der Waals surface area contributed by atoms with Crippen LogP contribution in [0.2, 0.25) is 0 Å². The third-order valence-electron chi connectivity index (χ3n) is 5.25. The molecule has 0 spiro atoms. The van der Waals surface area contributed by atoms with E-state index in [1.54, 1.807) is 12.1 Å². The smallest absolute Gasteiger partial charge is 0.256 e. The van der Waals surface area contributed by atoms with Crippen LogP contribution in [-0.2, 0) is 9.53 Å². The number of carbonyl (C=O) groups excluding carboxylic acids is 2. The Hall–Kier alpha value is -2.66. The van der Waals surface area contributed by atoms with Crippen molar-refractivity contribution in [3.05, 3.63) is 59.7 Å². The van der Waals surface area contributed by atoms with Crippen molar-refractivity contribution in [2.24, 2.45) is 11.8 Å². The molecule has 0 bridgehead atoms. The summed E-state index contributed by atoms with van der Waals surface area (Å²) in [6.07, 6.45) is 1.82. The van der Waals surface area contributed by atoms with Crippen LogP contribution in [0, 0.1) is 18.8 Å². The Morgan fingerprint density at radius 3 is 2.41 bits per heavy atom. The van der Waals surface area contributed by atoms with Crippen LogP contribution >= 0.6 is 0 Å². The summed E-state index contributed by atoms with van der Waals surface area (Å²) in [5.41, 5.74) is 2.73. The monoisotopic (exact) mass is 366 g/mol. The topological polar surface area (TPSA) is 67.4 Å². The first-order chi connectivity index (χ1) is 13.1. The van der Waals surface area contributed by atoms with Crippen LogP contribution < -0.4 is 10.6 Å². The summed E-state index contributed by atoms with van der Waals surface area (Å²) < 4.78 is 5.38. The zero-order valence-corrected chi connectivity index (χ0v) is 15.8. The molecule has 1 aliphatic rings. The van der Waals surface area contributed by atoms with E-state index >= 15 is 0 Å². The molecule has 1 aliphatic heterocycles. The molecule has 0 aliphatic carbocycles. The second-order valence-electron chi connectivity index (χ2n) is 7.03. The van der Waals surface area contributed by atoms with Gasteiger partial charge in [0.15, 0.2) is 0 Å². The van der Waals surface area contributed by atoms with Gasteiger partial charge in [0.25, 0.3) is 5.91 Å². The quantitative estimate of drug-likeness (QED) is 0.831. The number of para-hydroxylation sites is 1. The molecule has 5 heteroatoms. The average molecular weight is 366 g/mol. The predicted molar refractivity (Wildman–Crippen MR) is 107 cm³/mol. The van der Waals surface area contributed by atoms with E-state index in [4.69, 9.17) is 4.74 Å². The largest absolute Gasteiger partial charge is 0.381 e. The van der Waals surface area contributed by atoms with Gasteiger partial charge >= 0.3 is 0 Å². The molecule has 1 fully saturated rings. The number of anilines is 2. The number of hydrogen-bond donors (Lipinski definition) is 2. The van der Waals surface area contributed by atoms with E-state index in [2.05, 4.69) is 10.6 Å². The Morgan fingerprint density at radius 2 is 1.70 bits per heavy atom. The number of nitrogens with one attached hydrogen (secondary N) is 2. The van der Waals surface area contributed by atoms with E-state index in [0.717, 1.165) is 37.3 Å². The molecule has 2 aromatic rings. The van der Waals surface area contributed by atoms with E-state index in [-0.39, 0.29) is 17.7 Å². The molecule has 1 atom stereocenters. The van der Waals surface area contributed by atoms with Crippen molar-refractivity contribution in [3.63, 3.8) is 0 Å². The van der Waals surface area contributed by atoms with Gasteiger partial charge in [0.05, 0.1) is 0 Å². The first kappa shape index (κ1) is 19.1. The molecule has 5 nitrogen and oxygen atoms in total. The highest BCUT2D eigenvalue weighted by Crippen LogP contribution is 2.26. The second-order valence-corrected chi connectivity index (χ2v) is 7.03. The molecule has 1 saturated heterocycles. The highest BCUT2D eigenvalue weighted by Gasteiger charge is 2.26. The minimum Gasteiger partial charge on any atom is -0.381 e. The normalized spacial score (nSPS) is 15.8. The molecule has 0 radical (unpaired) electrons. The minimum atomic E-state index is -0.188. The van der Waals surface area contributed by atoms with Crippen molar-refractivity contribution in [2.45, 2.75) is 26.7 Å². The highest BCUT2D eigenvalue weighted by atomic mass is 16.5. The molecule has 2 N–H and O–H groups in total. The van der Waals surface area contributed by atoms with Gasteiger partial charge in [-0.05, 0) is 55.5 Å². The van der Waals surface area contributed by atoms with Gasteiger partial charge in [0.2, 0.25) is 5.91 Å². The minimum absolute atomic E-state index is 0.00869. The standard InChI is InChI=1S/C22H26N2O3/c1-15(17-11-13-27-14-12-17)21(25)24-20-10-6-9-19(16(20)2)22(26)23-18-7-4-3-5-8-18/h3-10,15,17H,11-14H2,1-2H3,(H,23,26)(H,24,25). The van der Waals surface area contributed by atoms with Crippen molar-refractivity contribution >= 4 is 23.2 Å². The number of carbonyl (C=O) groups is 2. The lowest BCUT2D eigenvalue weighted by molar-refractivity contribution is -0.122. The van der Waals surface area contributed by atoms with Crippen molar-refractivity contribution in [1.82, 2.24) is 0 Å². The van der Waals surface area contributed by atoms with Crippen molar-refractivity contribution in [3.8, 4) is 0 Å². The summed E-state index contributed by atoms with van der Waals surface area (Å²) >= 11 is 0. The van der Waals surface area contributed by atoms with Crippen LogP contribution in [0.25, 0.3) is 0 Å². The van der Waals surface area contributed by atoms with Crippen LogP contribution in [0.1, 0.15) is 35.7 Å². The van der Waals surface area contributed by atoms with Gasteiger partial charge in [-0.25, -0.2) is 0 Å². The molecule has 27 heavy (non-hydrogen) atoms. The lowest BCUT2D eigenvalue weighted by Crippen LogP contribution is -2.31. The first-order valence-electron chi connectivity index (χ1n) is 9.41. The summed E-state index contributed by atoms with van der Waals surface area (Å²) in [5, 5.41) is 5.90. The predicted octanol–water partition coefficient (Wildman–Crippen LogP) is 4.25. The summed E-state index contributed by atoms with van der Waals surface area (Å²) in [6, 6.07) is 14.7. The first-order valence-corrected chi connectivity index (χ1v) is 9.41. The molecule has 2 amide bonds. The zero-order valence-electron chi connectivity index (χ0n) is 15.8. The molecule has 0 aromatic heterocycles. The SMILES string of the molecule is Cc1c(NC(=O)C(C)C2CCOCC2)cccc1C(=O)Nc1ccccc1. The summed E-state index contributed by atoms with van der Waals surface area (Å²) in [4.78, 5) is 25.3. The fraction of sp³-hybridized carbons (Fsp3) is 0.364. The maximum absolute atomic E-state index is 12.7. The molecule has 2 aromatic carbocycles. The molecule has 1 heterocycles. The number of hydrogen-bond acceptors (Lipinski definition) is 3. The van der Waals surface area contributed by atoms with Gasteiger partial charge in [-0.2, -0.15) is 0 Å². The zero-order chi connectivity index (χ0) is 19.2. The molecule has 142 valence electrons. The van der Waals surface area contributed by atoms with E-state index in [1.807, 2.05) is 50.2 Å². The van der Waals surface area contributed by atoms with Crippen LogP contribution in [0.5, 0.6) is 0 Å². The van der Waals surface area contributed by atoms with Gasteiger partial charge in [-0.3, -0.25) is 9.59 Å². The van der Waals surface area contributed by atoms with E-state index in [1.165, 1.54) is 0 Å². The van der Waals surface area contributed by atoms with Gasteiger partial charge in [0, 0.05) is 36.1 Å². The molecular formula is C22H26N2O3. The third-order valence-corrected chi connectivity index (χ3v) is 5.25. The lowest BCUT2D eigenvalue weighted by Gasteiger charge is -2.27. The molecule has 3 rings (SSSR count). The van der Waals surface area contributed by atoms with E-state index in [9.17, 15) is 9.59 Å². The van der Waals surface area contributed by atoms with Crippen LogP contribution in [0.3, 0.4) is 0 Å². The Kier molecular flexibility index (Phi) is 6.24. The van der Waals surface area contributed by atoms with Crippen molar-refractivity contribution < 1.29 is 14.3 Å². The Morgan fingerprint density at radius 1 is 1.00 bits per heavy atom. The van der Waals surface area contributed by atoms with Gasteiger partial charge in [-0.15, -0.1) is 0 Å². The number of amides is 2. The molecule has 1 unspecified atom stereocenters. The second kappa shape index (κ2) is 8.82. The Balaban J connectivity index is 1.70. The fourth-order valence-corrected chi connectivity index (χ4v) is 3.41. The van der Waals surface area contributed by atoms with Gasteiger partial charge in [0.1, 0.15) is 0 Å². The van der Waals surface area contributed by atoms with Crippen LogP contribution in [0.4, 0.5) is 11.4 Å². The summed E-state index contributed by atoms with van der Waals surface area (Å²) in [7, 11) is 0. The maximum atomic E-state index is 12.7. The van der Waals surface area contributed by atoms with Crippen LogP contribution in [-0.4, -0.2) is 25.0 Å². The summed E-state index contributed by atoms with van der Waals surface area (Å²) in [6.45, 7) is 5.26. The number of rotatable bonds is 5. The van der Waals surface area contributed by atoms with Gasteiger partial charge < -0.3 is 15.4 Å². The fourth-order valence-electron chi connectivity index (χ4n) is 3.41. The van der Waals surface area contributed by atoms with Crippen molar-refractivity contribution in [1.29, 1.82) is 0 Å².